The molecule has 18 heavy (non-hydrogen) atoms. The third kappa shape index (κ3) is 7.29. The van der Waals surface area contributed by atoms with E-state index < -0.39 is 9.28 Å². The van der Waals surface area contributed by atoms with Gasteiger partial charge in [-0.3, -0.25) is 4.99 Å². The summed E-state index contributed by atoms with van der Waals surface area (Å²) in [6, 6.07) is 1.09. The molecule has 0 aromatic carbocycles. The van der Waals surface area contributed by atoms with E-state index in [9.17, 15) is 0 Å². The Balaban J connectivity index is 2.05. The third-order valence-corrected chi connectivity index (χ3v) is 5.15. The second kappa shape index (κ2) is 10.7. The third-order valence-electron chi connectivity index (χ3n) is 3.17. The van der Waals surface area contributed by atoms with Crippen LogP contribution in [0, 0.1) is 0 Å². The first kappa shape index (κ1) is 15.9. The Kier molecular flexibility index (Phi) is 9.43. The number of nitrogens with zero attached hydrogens (tertiary/aromatic N) is 1. The van der Waals surface area contributed by atoms with E-state index in [-0.39, 0.29) is 0 Å². The summed E-state index contributed by atoms with van der Waals surface area (Å²) in [5, 5.41) is 0. The van der Waals surface area contributed by atoms with Gasteiger partial charge in [-0.15, -0.1) is 0 Å². The molecule has 1 radical (unpaired) electrons. The van der Waals surface area contributed by atoms with Gasteiger partial charge in [0.05, 0.1) is 0 Å². The average Bonchev–Trinajstić information content (AvgIpc) is 2.40. The van der Waals surface area contributed by atoms with Gasteiger partial charge in [0.2, 0.25) is 0 Å². The molecule has 105 valence electrons. The largest absolute Gasteiger partial charge is 0.394 e. The minimum absolute atomic E-state index is 0.774. The molecule has 1 fully saturated rings. The predicted octanol–water partition coefficient (Wildman–Crippen LogP) is 3.73. The zero-order valence-corrected chi connectivity index (χ0v) is 13.0. The minimum Gasteiger partial charge on any atom is -0.394 e. The molecule has 0 bridgehead atoms. The fourth-order valence-electron chi connectivity index (χ4n) is 2.24. The molecule has 0 aromatic heterocycles. The molecule has 0 aliphatic heterocycles. The predicted molar refractivity (Wildman–Crippen MR) is 78.4 cm³/mol. The topological polar surface area (TPSA) is 30.8 Å². The highest BCUT2D eigenvalue weighted by Crippen LogP contribution is 2.15. The average molecular weight is 270 g/mol. The molecule has 1 rings (SSSR count). The maximum atomic E-state index is 5.62. The zero-order chi connectivity index (χ0) is 13.1. The SMILES string of the molecule is CCO[Si](CCCCN=C1CCCCC1)OCC. The van der Waals surface area contributed by atoms with Crippen molar-refractivity contribution in [1.29, 1.82) is 0 Å². The van der Waals surface area contributed by atoms with Gasteiger partial charge in [0.15, 0.2) is 0 Å². The van der Waals surface area contributed by atoms with Crippen molar-refractivity contribution in [2.24, 2.45) is 4.99 Å². The molecular formula is C14H28NO2Si. The van der Waals surface area contributed by atoms with Crippen LogP contribution in [0.3, 0.4) is 0 Å². The molecule has 1 aliphatic rings. The van der Waals surface area contributed by atoms with Gasteiger partial charge in [-0.2, -0.15) is 0 Å². The number of aliphatic imine (C=N–C) groups is 1. The van der Waals surface area contributed by atoms with Gasteiger partial charge in [0.25, 0.3) is 0 Å². The summed E-state index contributed by atoms with van der Waals surface area (Å²) in [6.07, 6.45) is 8.94. The molecule has 0 N–H and O–H groups in total. The Morgan fingerprint density at radius 3 is 2.28 bits per heavy atom. The van der Waals surface area contributed by atoms with Gasteiger partial charge in [-0.25, -0.2) is 0 Å². The molecule has 0 amide bonds. The van der Waals surface area contributed by atoms with E-state index in [0.29, 0.717) is 0 Å². The lowest BCUT2D eigenvalue weighted by atomic mass is 9.98. The smallest absolute Gasteiger partial charge is 0.384 e. The summed E-state index contributed by atoms with van der Waals surface area (Å²) in [5.41, 5.74) is 1.46. The molecule has 1 aliphatic carbocycles. The van der Waals surface area contributed by atoms with Crippen molar-refractivity contribution in [3.8, 4) is 0 Å². The standard InChI is InChI=1S/C14H28NO2Si/c1-3-16-18(17-4-2)13-9-8-12-15-14-10-6-5-7-11-14/h3-13H2,1-2H3. The Morgan fingerprint density at radius 1 is 1.00 bits per heavy atom. The van der Waals surface area contributed by atoms with Crippen LogP contribution in [0.1, 0.15) is 58.8 Å². The summed E-state index contributed by atoms with van der Waals surface area (Å²) in [4.78, 5) is 4.72. The monoisotopic (exact) mass is 270 g/mol. The van der Waals surface area contributed by atoms with Crippen molar-refractivity contribution in [3.63, 3.8) is 0 Å². The second-order valence-electron chi connectivity index (χ2n) is 4.70. The first-order chi connectivity index (χ1) is 8.86. The van der Waals surface area contributed by atoms with Crippen LogP contribution in [0.25, 0.3) is 0 Å². The van der Waals surface area contributed by atoms with Gasteiger partial charge in [0, 0.05) is 25.5 Å². The van der Waals surface area contributed by atoms with Gasteiger partial charge in [0.1, 0.15) is 0 Å². The lowest BCUT2D eigenvalue weighted by Crippen LogP contribution is -2.22. The summed E-state index contributed by atoms with van der Waals surface area (Å²) in [5.74, 6) is 0. The van der Waals surface area contributed by atoms with Crippen LogP contribution < -0.4 is 0 Å². The maximum absolute atomic E-state index is 5.62. The van der Waals surface area contributed by atoms with Gasteiger partial charge in [-0.1, -0.05) is 6.42 Å². The first-order valence-electron chi connectivity index (χ1n) is 7.50. The van der Waals surface area contributed by atoms with Crippen molar-refractivity contribution >= 4 is 15.0 Å². The van der Waals surface area contributed by atoms with Crippen LogP contribution in [0.2, 0.25) is 6.04 Å². The number of hydrogen-bond donors (Lipinski definition) is 0. The highest BCUT2D eigenvalue weighted by Gasteiger charge is 2.13. The van der Waals surface area contributed by atoms with Crippen LogP contribution >= 0.6 is 0 Å². The Labute approximate surface area is 114 Å². The van der Waals surface area contributed by atoms with E-state index in [1.54, 1.807) is 0 Å². The summed E-state index contributed by atoms with van der Waals surface area (Å²) in [6.45, 7) is 6.63. The number of rotatable bonds is 9. The van der Waals surface area contributed by atoms with Crippen LogP contribution in [0.15, 0.2) is 4.99 Å². The van der Waals surface area contributed by atoms with E-state index in [1.165, 1.54) is 50.7 Å². The van der Waals surface area contributed by atoms with Crippen molar-refractivity contribution in [2.75, 3.05) is 19.8 Å². The number of hydrogen-bond acceptors (Lipinski definition) is 3. The molecule has 0 spiro atoms. The quantitative estimate of drug-likeness (QED) is 0.472. The molecule has 0 heterocycles. The van der Waals surface area contributed by atoms with Crippen LogP contribution in [-0.2, 0) is 8.85 Å². The van der Waals surface area contributed by atoms with Crippen molar-refractivity contribution in [3.05, 3.63) is 0 Å². The second-order valence-corrected chi connectivity index (χ2v) is 6.53. The zero-order valence-electron chi connectivity index (χ0n) is 12.0. The molecule has 3 nitrogen and oxygen atoms in total. The number of unbranched alkanes of at least 4 members (excludes halogenated alkanes) is 1. The van der Waals surface area contributed by atoms with E-state index in [1.807, 2.05) is 13.8 Å². The molecule has 4 heteroatoms. The normalized spacial score (nSPS) is 16.3. The van der Waals surface area contributed by atoms with Crippen molar-refractivity contribution in [1.82, 2.24) is 0 Å². The van der Waals surface area contributed by atoms with Gasteiger partial charge >= 0.3 is 9.28 Å². The molecule has 1 saturated carbocycles. The van der Waals surface area contributed by atoms with E-state index in [0.717, 1.165) is 25.8 Å². The first-order valence-corrected chi connectivity index (χ1v) is 9.02. The summed E-state index contributed by atoms with van der Waals surface area (Å²) < 4.78 is 11.2. The molecular weight excluding hydrogens is 242 g/mol. The van der Waals surface area contributed by atoms with Crippen molar-refractivity contribution < 1.29 is 8.85 Å². The Morgan fingerprint density at radius 2 is 1.67 bits per heavy atom. The van der Waals surface area contributed by atoms with Crippen molar-refractivity contribution in [2.45, 2.75) is 64.8 Å². The Bertz CT molecular complexity index is 220. The highest BCUT2D eigenvalue weighted by molar-refractivity contribution is 6.44. The molecule has 0 unspecified atom stereocenters. The molecule has 0 atom stereocenters. The Hall–Kier alpha value is -0.193. The lowest BCUT2D eigenvalue weighted by Gasteiger charge is -2.13. The van der Waals surface area contributed by atoms with Crippen LogP contribution in [0.5, 0.6) is 0 Å². The van der Waals surface area contributed by atoms with Gasteiger partial charge in [-0.05, 0) is 58.4 Å². The van der Waals surface area contributed by atoms with Crippen LogP contribution in [0.4, 0.5) is 0 Å². The molecule has 0 saturated heterocycles. The van der Waals surface area contributed by atoms with E-state index >= 15 is 0 Å². The fraction of sp³-hybridized carbons (Fsp3) is 0.929. The highest BCUT2D eigenvalue weighted by atomic mass is 28.3. The van der Waals surface area contributed by atoms with Crippen LogP contribution in [-0.4, -0.2) is 34.8 Å². The lowest BCUT2D eigenvalue weighted by molar-refractivity contribution is 0.212. The van der Waals surface area contributed by atoms with E-state index in [2.05, 4.69) is 0 Å². The molecule has 0 aromatic rings. The summed E-state index contributed by atoms with van der Waals surface area (Å²) >= 11 is 0. The maximum Gasteiger partial charge on any atom is 0.384 e. The van der Waals surface area contributed by atoms with Gasteiger partial charge < -0.3 is 8.85 Å². The summed E-state index contributed by atoms with van der Waals surface area (Å²) in [7, 11) is -1.000. The fourth-order valence-corrected chi connectivity index (χ4v) is 3.80. The van der Waals surface area contributed by atoms with E-state index in [4.69, 9.17) is 13.8 Å². The minimum atomic E-state index is -1.000.